The fourth-order valence-electron chi connectivity index (χ4n) is 2.76. The van der Waals surface area contributed by atoms with Crippen LogP contribution in [0.3, 0.4) is 0 Å². The molecule has 1 fully saturated rings. The van der Waals surface area contributed by atoms with Crippen LogP contribution in [0.4, 0.5) is 5.69 Å². The number of carbonyl (C=O) groups excluding carboxylic acids is 1. The number of anilines is 1. The molecule has 0 aliphatic heterocycles. The van der Waals surface area contributed by atoms with Gasteiger partial charge < -0.3 is 10.2 Å². The van der Waals surface area contributed by atoms with E-state index >= 15 is 0 Å². The summed E-state index contributed by atoms with van der Waals surface area (Å²) in [6.07, 6.45) is 3.72. The van der Waals surface area contributed by atoms with Gasteiger partial charge >= 0.3 is 0 Å². The Morgan fingerprint density at radius 1 is 1.26 bits per heavy atom. The molecule has 0 bridgehead atoms. The summed E-state index contributed by atoms with van der Waals surface area (Å²) in [6, 6.07) is 8.35. The van der Waals surface area contributed by atoms with Gasteiger partial charge in [-0.15, -0.1) is 0 Å². The molecule has 1 amide bonds. The number of hydrogen-bond donors (Lipinski definition) is 1. The van der Waals surface area contributed by atoms with Crippen LogP contribution in [0.25, 0.3) is 0 Å². The zero-order valence-corrected chi connectivity index (χ0v) is 12.4. The molecule has 0 saturated heterocycles. The van der Waals surface area contributed by atoms with Crippen molar-refractivity contribution in [2.75, 3.05) is 19.4 Å². The summed E-state index contributed by atoms with van der Waals surface area (Å²) in [5.74, 6) is 0.0496. The number of amides is 1. The van der Waals surface area contributed by atoms with Crippen molar-refractivity contribution >= 4 is 11.6 Å². The molecule has 1 aliphatic carbocycles. The van der Waals surface area contributed by atoms with Crippen molar-refractivity contribution in [3.05, 3.63) is 29.8 Å². The van der Waals surface area contributed by atoms with Crippen LogP contribution in [0.5, 0.6) is 0 Å². The molecular formula is C16H24N2O. The topological polar surface area (TPSA) is 32.3 Å². The molecule has 1 aliphatic rings. The zero-order valence-electron chi connectivity index (χ0n) is 12.4. The first-order valence-corrected chi connectivity index (χ1v) is 6.96. The van der Waals surface area contributed by atoms with Crippen LogP contribution in [0.15, 0.2) is 24.3 Å². The van der Waals surface area contributed by atoms with E-state index < -0.39 is 0 Å². The van der Waals surface area contributed by atoms with Gasteiger partial charge in [-0.05, 0) is 48.9 Å². The van der Waals surface area contributed by atoms with Crippen LogP contribution in [0.2, 0.25) is 0 Å². The van der Waals surface area contributed by atoms with E-state index in [2.05, 4.69) is 19.2 Å². The van der Waals surface area contributed by atoms with Crippen LogP contribution in [-0.4, -0.2) is 30.9 Å². The van der Waals surface area contributed by atoms with Crippen molar-refractivity contribution in [3.8, 4) is 0 Å². The summed E-state index contributed by atoms with van der Waals surface area (Å²) in [6.45, 7) is 4.65. The van der Waals surface area contributed by atoms with Crippen molar-refractivity contribution in [2.45, 2.75) is 39.2 Å². The lowest BCUT2D eigenvalue weighted by atomic mass is 9.92. The van der Waals surface area contributed by atoms with Gasteiger partial charge in [0.05, 0.1) is 0 Å². The van der Waals surface area contributed by atoms with E-state index in [9.17, 15) is 4.79 Å². The molecule has 3 heteroatoms. The zero-order chi connectivity index (χ0) is 14.0. The monoisotopic (exact) mass is 260 g/mol. The van der Waals surface area contributed by atoms with E-state index in [0.29, 0.717) is 11.5 Å². The predicted molar refractivity (Wildman–Crippen MR) is 79.5 cm³/mol. The predicted octanol–water partition coefficient (Wildman–Crippen LogP) is 3.38. The molecule has 1 atom stereocenters. The van der Waals surface area contributed by atoms with E-state index in [4.69, 9.17) is 0 Å². The number of nitrogens with one attached hydrogen (secondary N) is 1. The van der Waals surface area contributed by atoms with Gasteiger partial charge in [0, 0.05) is 31.4 Å². The number of benzene rings is 1. The summed E-state index contributed by atoms with van der Waals surface area (Å²) in [5, 5.41) is 3.57. The number of carbonyl (C=O) groups is 1. The minimum absolute atomic E-state index is 0.0496. The second-order valence-corrected chi connectivity index (χ2v) is 6.53. The summed E-state index contributed by atoms with van der Waals surface area (Å²) in [4.78, 5) is 13.4. The Morgan fingerprint density at radius 2 is 1.89 bits per heavy atom. The standard InChI is InChI=1S/C16H24N2O/c1-16(2)10-9-14(11-16)17-13-7-5-12(6-8-13)15(19)18(3)4/h5-8,14,17H,9-11H2,1-4H3. The van der Waals surface area contributed by atoms with Gasteiger partial charge in [0.2, 0.25) is 0 Å². The molecule has 3 nitrogen and oxygen atoms in total. The molecule has 1 aromatic rings. The third kappa shape index (κ3) is 3.49. The van der Waals surface area contributed by atoms with E-state index in [1.807, 2.05) is 24.3 Å². The molecular weight excluding hydrogens is 236 g/mol. The Labute approximate surface area is 116 Å². The fraction of sp³-hybridized carbons (Fsp3) is 0.562. The lowest BCUT2D eigenvalue weighted by Gasteiger charge is -2.19. The first-order chi connectivity index (χ1) is 8.87. The molecule has 1 N–H and O–H groups in total. The summed E-state index contributed by atoms with van der Waals surface area (Å²) in [7, 11) is 3.55. The first kappa shape index (κ1) is 13.9. The van der Waals surface area contributed by atoms with Crippen molar-refractivity contribution < 1.29 is 4.79 Å². The lowest BCUT2D eigenvalue weighted by Crippen LogP contribution is -2.21. The molecule has 1 saturated carbocycles. The average molecular weight is 260 g/mol. The smallest absolute Gasteiger partial charge is 0.253 e. The number of hydrogen-bond acceptors (Lipinski definition) is 2. The molecule has 0 radical (unpaired) electrons. The van der Waals surface area contributed by atoms with Crippen molar-refractivity contribution in [1.82, 2.24) is 4.90 Å². The second-order valence-electron chi connectivity index (χ2n) is 6.53. The Kier molecular flexibility index (Phi) is 3.83. The highest BCUT2D eigenvalue weighted by molar-refractivity contribution is 5.94. The normalized spacial score (nSPS) is 21.2. The van der Waals surface area contributed by atoms with Gasteiger partial charge in [-0.25, -0.2) is 0 Å². The minimum Gasteiger partial charge on any atom is -0.382 e. The van der Waals surface area contributed by atoms with Gasteiger partial charge in [0.15, 0.2) is 0 Å². The Hall–Kier alpha value is -1.51. The molecule has 0 spiro atoms. The van der Waals surface area contributed by atoms with Crippen LogP contribution in [0.1, 0.15) is 43.5 Å². The number of nitrogens with zero attached hydrogens (tertiary/aromatic N) is 1. The highest BCUT2D eigenvalue weighted by Gasteiger charge is 2.30. The largest absolute Gasteiger partial charge is 0.382 e. The molecule has 0 heterocycles. The highest BCUT2D eigenvalue weighted by atomic mass is 16.2. The summed E-state index contributed by atoms with van der Waals surface area (Å²) >= 11 is 0. The second kappa shape index (κ2) is 5.24. The first-order valence-electron chi connectivity index (χ1n) is 6.96. The van der Waals surface area contributed by atoms with Crippen LogP contribution >= 0.6 is 0 Å². The van der Waals surface area contributed by atoms with Gasteiger partial charge in [0.1, 0.15) is 0 Å². The molecule has 104 valence electrons. The van der Waals surface area contributed by atoms with Gasteiger partial charge in [-0.3, -0.25) is 4.79 Å². The lowest BCUT2D eigenvalue weighted by molar-refractivity contribution is 0.0827. The highest BCUT2D eigenvalue weighted by Crippen LogP contribution is 2.38. The maximum absolute atomic E-state index is 11.8. The Morgan fingerprint density at radius 3 is 2.37 bits per heavy atom. The van der Waals surface area contributed by atoms with Gasteiger partial charge in [0.25, 0.3) is 5.91 Å². The third-order valence-corrected chi connectivity index (χ3v) is 3.88. The average Bonchev–Trinajstić information content (AvgIpc) is 2.68. The maximum atomic E-state index is 11.8. The third-order valence-electron chi connectivity index (χ3n) is 3.88. The van der Waals surface area contributed by atoms with E-state index in [0.717, 1.165) is 11.3 Å². The van der Waals surface area contributed by atoms with Gasteiger partial charge in [-0.1, -0.05) is 13.8 Å². The van der Waals surface area contributed by atoms with Crippen LogP contribution in [0, 0.1) is 5.41 Å². The molecule has 19 heavy (non-hydrogen) atoms. The molecule has 0 aromatic heterocycles. The summed E-state index contributed by atoms with van der Waals surface area (Å²) in [5.41, 5.74) is 2.30. The van der Waals surface area contributed by atoms with Crippen molar-refractivity contribution in [2.24, 2.45) is 5.41 Å². The van der Waals surface area contributed by atoms with Crippen molar-refractivity contribution in [1.29, 1.82) is 0 Å². The molecule has 2 rings (SSSR count). The fourth-order valence-corrected chi connectivity index (χ4v) is 2.76. The maximum Gasteiger partial charge on any atom is 0.253 e. The quantitative estimate of drug-likeness (QED) is 0.903. The Bertz CT molecular complexity index is 448. The van der Waals surface area contributed by atoms with Crippen LogP contribution in [-0.2, 0) is 0 Å². The SMILES string of the molecule is CN(C)C(=O)c1ccc(NC2CCC(C)(C)C2)cc1. The van der Waals surface area contributed by atoms with Gasteiger partial charge in [-0.2, -0.15) is 0 Å². The summed E-state index contributed by atoms with van der Waals surface area (Å²) < 4.78 is 0. The minimum atomic E-state index is 0.0496. The Balaban J connectivity index is 1.98. The van der Waals surface area contributed by atoms with E-state index in [-0.39, 0.29) is 5.91 Å². The number of rotatable bonds is 3. The van der Waals surface area contributed by atoms with E-state index in [1.54, 1.807) is 19.0 Å². The van der Waals surface area contributed by atoms with E-state index in [1.165, 1.54) is 19.3 Å². The van der Waals surface area contributed by atoms with Crippen molar-refractivity contribution in [3.63, 3.8) is 0 Å². The van der Waals surface area contributed by atoms with Crippen LogP contribution < -0.4 is 5.32 Å². The molecule has 1 unspecified atom stereocenters. The molecule has 1 aromatic carbocycles.